The monoisotopic (exact) mass is 639 g/mol. The van der Waals surface area contributed by atoms with Crippen LogP contribution in [-0.2, 0) is 43.9 Å². The molecular weight excluding hydrogens is 614 g/mol. The summed E-state index contributed by atoms with van der Waals surface area (Å²) in [5, 5.41) is 8.90. The van der Waals surface area contributed by atoms with Gasteiger partial charge in [0.05, 0.1) is 16.3 Å². The molecule has 0 aliphatic rings. The molecule has 0 unspecified atom stereocenters. The highest BCUT2D eigenvalue weighted by molar-refractivity contribution is 7.92. The van der Waals surface area contributed by atoms with Crippen molar-refractivity contribution in [2.45, 2.75) is 42.9 Å². The Morgan fingerprint density at radius 1 is 0.860 bits per heavy atom. The Bertz CT molecular complexity index is 1860. The molecule has 0 aliphatic carbocycles. The number of benzene rings is 3. The van der Waals surface area contributed by atoms with Gasteiger partial charge < -0.3 is 9.52 Å². The molecule has 0 spiro atoms. The first kappa shape index (κ1) is 31.9. The second kappa shape index (κ2) is 11.9. The maximum atomic E-state index is 13.9. The number of carboxylic acids is 1. The molecule has 1 N–H and O–H groups in total. The van der Waals surface area contributed by atoms with Crippen LogP contribution in [-0.4, -0.2) is 38.0 Å². The fourth-order valence-corrected chi connectivity index (χ4v) is 7.46. The molecule has 0 fully saturated rings. The zero-order valence-corrected chi connectivity index (χ0v) is 24.4. The van der Waals surface area contributed by atoms with Crippen molar-refractivity contribution >= 4 is 25.8 Å². The summed E-state index contributed by atoms with van der Waals surface area (Å²) in [5.41, 5.74) is 1.66. The Kier molecular flexibility index (Phi) is 8.86. The summed E-state index contributed by atoms with van der Waals surface area (Å²) in [4.78, 5) is 10.6. The van der Waals surface area contributed by atoms with Crippen LogP contribution in [0.15, 0.2) is 87.0 Å². The van der Waals surface area contributed by atoms with E-state index >= 15 is 0 Å². The van der Waals surface area contributed by atoms with Crippen molar-refractivity contribution in [3.63, 3.8) is 0 Å². The Hall–Kier alpha value is -4.01. The summed E-state index contributed by atoms with van der Waals surface area (Å²) in [5.74, 6) is -4.76. The van der Waals surface area contributed by atoms with E-state index in [-0.39, 0.29) is 33.2 Å². The second-order valence-corrected chi connectivity index (χ2v) is 13.6. The number of hydrogen-bond acceptors (Lipinski definition) is 6. The molecular formula is C29H25F4NO7S2. The lowest BCUT2D eigenvalue weighted by Gasteiger charge is -2.24. The molecule has 4 rings (SSSR count). The number of carbonyl (C=O) groups is 1. The molecule has 0 bridgehead atoms. The number of furan rings is 1. The van der Waals surface area contributed by atoms with Crippen LogP contribution in [0.25, 0.3) is 11.1 Å². The number of alkyl halides is 3. The zero-order chi connectivity index (χ0) is 31.7. The number of rotatable bonds is 10. The molecule has 3 aromatic carbocycles. The first-order valence-corrected chi connectivity index (χ1v) is 15.6. The number of sulfone groups is 1. The van der Waals surface area contributed by atoms with Crippen LogP contribution in [0, 0.1) is 19.7 Å². The van der Waals surface area contributed by atoms with Gasteiger partial charge in [-0.25, -0.2) is 21.2 Å². The number of sulfonamides is 1. The highest BCUT2D eigenvalue weighted by Crippen LogP contribution is 2.33. The minimum absolute atomic E-state index is 0.117. The van der Waals surface area contributed by atoms with Gasteiger partial charge in [0.2, 0.25) is 15.8 Å². The van der Waals surface area contributed by atoms with Gasteiger partial charge in [-0.15, -0.1) is 0 Å². The lowest BCUT2D eigenvalue weighted by Crippen LogP contribution is -2.31. The van der Waals surface area contributed by atoms with Gasteiger partial charge in [-0.05, 0) is 78.1 Å². The second-order valence-electron chi connectivity index (χ2n) is 9.78. The molecule has 0 atom stereocenters. The van der Waals surface area contributed by atoms with Crippen molar-refractivity contribution in [1.82, 2.24) is 4.31 Å². The van der Waals surface area contributed by atoms with Gasteiger partial charge in [0.25, 0.3) is 0 Å². The summed E-state index contributed by atoms with van der Waals surface area (Å²) < 4.78 is 112. The third-order valence-electron chi connectivity index (χ3n) is 6.45. The summed E-state index contributed by atoms with van der Waals surface area (Å²) >= 11 is 0. The molecule has 8 nitrogen and oxygen atoms in total. The first-order chi connectivity index (χ1) is 20.0. The number of nitrogens with zero attached hydrogens (tertiary/aromatic N) is 1. The van der Waals surface area contributed by atoms with Crippen LogP contribution < -0.4 is 0 Å². The van der Waals surface area contributed by atoms with Gasteiger partial charge in [-0.3, -0.25) is 4.79 Å². The third kappa shape index (κ3) is 7.32. The first-order valence-electron chi connectivity index (χ1n) is 12.5. The van der Waals surface area contributed by atoms with Gasteiger partial charge in [0, 0.05) is 6.54 Å². The van der Waals surface area contributed by atoms with Crippen LogP contribution >= 0.6 is 0 Å². The normalized spacial score (nSPS) is 12.5. The Balaban J connectivity index is 1.69. The third-order valence-corrected chi connectivity index (χ3v) is 10.1. The van der Waals surface area contributed by atoms with Gasteiger partial charge >= 0.3 is 12.1 Å². The smallest absolute Gasteiger partial charge is 0.449 e. The van der Waals surface area contributed by atoms with Crippen molar-refractivity contribution in [3.05, 3.63) is 107 Å². The average Bonchev–Trinajstić information content (AvgIpc) is 3.37. The zero-order valence-electron chi connectivity index (χ0n) is 22.7. The quantitative estimate of drug-likeness (QED) is 0.212. The van der Waals surface area contributed by atoms with Gasteiger partial charge in [0.1, 0.15) is 11.6 Å². The predicted molar refractivity (Wildman–Crippen MR) is 148 cm³/mol. The highest BCUT2D eigenvalue weighted by atomic mass is 32.2. The lowest BCUT2D eigenvalue weighted by atomic mass is 10.0. The van der Waals surface area contributed by atoms with Crippen LogP contribution in [0.3, 0.4) is 0 Å². The molecule has 14 heteroatoms. The van der Waals surface area contributed by atoms with Crippen LogP contribution in [0.4, 0.5) is 17.6 Å². The molecule has 1 heterocycles. The number of halogens is 4. The van der Waals surface area contributed by atoms with E-state index in [2.05, 4.69) is 0 Å². The Labute approximate surface area is 245 Å². The standard InChI is InChI=1S/C29H25F4NO7S2/c1-18-12-23(30)13-19(2)28(18)43(39,40)34(16-24-10-11-26(41-24)29(31,32)33)15-20-6-8-21(9-7-20)22-4-3-5-25(14-22)42(37,38)17-27(35)36/h3-14H,15-17H2,1-2H3,(H,35,36). The van der Waals surface area contributed by atoms with Crippen molar-refractivity contribution in [3.8, 4) is 11.1 Å². The van der Waals surface area contributed by atoms with Crippen molar-refractivity contribution < 1.29 is 48.7 Å². The van der Waals surface area contributed by atoms with E-state index in [0.717, 1.165) is 22.5 Å². The van der Waals surface area contributed by atoms with Crippen LogP contribution in [0.1, 0.15) is 28.2 Å². The summed E-state index contributed by atoms with van der Waals surface area (Å²) in [7, 11) is -8.46. The van der Waals surface area contributed by atoms with E-state index in [0.29, 0.717) is 22.8 Å². The topological polar surface area (TPSA) is 122 Å². The Morgan fingerprint density at radius 2 is 1.49 bits per heavy atom. The molecule has 0 amide bonds. The van der Waals surface area contributed by atoms with E-state index in [1.807, 2.05) is 0 Å². The molecule has 0 saturated carbocycles. The van der Waals surface area contributed by atoms with Crippen LogP contribution in [0.5, 0.6) is 0 Å². The van der Waals surface area contributed by atoms with E-state index in [9.17, 15) is 39.2 Å². The largest absolute Gasteiger partial charge is 0.480 e. The number of aliphatic carboxylic acids is 1. The van der Waals surface area contributed by atoms with E-state index in [1.165, 1.54) is 32.0 Å². The molecule has 0 saturated heterocycles. The number of aryl methyl sites for hydroxylation is 2. The molecule has 0 aliphatic heterocycles. The molecule has 4 aromatic rings. The maximum Gasteiger partial charge on any atom is 0.449 e. The van der Waals surface area contributed by atoms with Crippen LogP contribution in [0.2, 0.25) is 0 Å². The predicted octanol–water partition coefficient (Wildman–Crippen LogP) is 5.97. The minimum Gasteiger partial charge on any atom is -0.480 e. The SMILES string of the molecule is Cc1cc(F)cc(C)c1S(=O)(=O)N(Cc1ccc(-c2cccc(S(=O)(=O)CC(=O)O)c2)cc1)Cc1ccc(C(F)(F)F)o1. The van der Waals surface area contributed by atoms with E-state index in [4.69, 9.17) is 9.52 Å². The minimum atomic E-state index is -4.77. The molecule has 1 aromatic heterocycles. The Morgan fingerprint density at radius 3 is 2.05 bits per heavy atom. The fourth-order valence-electron chi connectivity index (χ4n) is 4.57. The number of carboxylic acid groups (broad SMARTS) is 1. The summed E-state index contributed by atoms with van der Waals surface area (Å²) in [6.07, 6.45) is -4.77. The molecule has 228 valence electrons. The highest BCUT2D eigenvalue weighted by Gasteiger charge is 2.36. The molecule has 43 heavy (non-hydrogen) atoms. The molecule has 0 radical (unpaired) electrons. The van der Waals surface area contributed by atoms with Gasteiger partial charge in [0.15, 0.2) is 15.6 Å². The fraction of sp³-hybridized carbons (Fsp3) is 0.207. The van der Waals surface area contributed by atoms with Gasteiger partial charge in [-0.2, -0.15) is 17.5 Å². The summed E-state index contributed by atoms with van der Waals surface area (Å²) in [6.45, 7) is 1.97. The van der Waals surface area contributed by atoms with Gasteiger partial charge in [-0.1, -0.05) is 36.4 Å². The lowest BCUT2D eigenvalue weighted by molar-refractivity contribution is -0.153. The van der Waals surface area contributed by atoms with E-state index in [1.54, 1.807) is 30.3 Å². The van der Waals surface area contributed by atoms with Crippen molar-refractivity contribution in [1.29, 1.82) is 0 Å². The average molecular weight is 640 g/mol. The summed E-state index contributed by atoms with van der Waals surface area (Å²) in [6, 6.07) is 15.8. The van der Waals surface area contributed by atoms with Crippen molar-refractivity contribution in [2.75, 3.05) is 5.75 Å². The maximum absolute atomic E-state index is 13.9. The number of hydrogen-bond donors (Lipinski definition) is 1. The van der Waals surface area contributed by atoms with Crippen molar-refractivity contribution in [2.24, 2.45) is 0 Å². The van der Waals surface area contributed by atoms with E-state index < -0.39 is 55.9 Å².